The molecule has 5 heteroatoms. The Bertz CT molecular complexity index is 541. The van der Waals surface area contributed by atoms with Crippen molar-refractivity contribution in [1.29, 1.82) is 0 Å². The van der Waals surface area contributed by atoms with Gasteiger partial charge in [-0.25, -0.2) is 0 Å². The summed E-state index contributed by atoms with van der Waals surface area (Å²) < 4.78 is 0. The summed E-state index contributed by atoms with van der Waals surface area (Å²) in [6.07, 6.45) is 1.42. The number of halogens is 1. The van der Waals surface area contributed by atoms with Crippen LogP contribution >= 0.6 is 11.6 Å². The van der Waals surface area contributed by atoms with E-state index < -0.39 is 0 Å². The summed E-state index contributed by atoms with van der Waals surface area (Å²) in [5, 5.41) is 3.63. The van der Waals surface area contributed by atoms with Gasteiger partial charge in [0.2, 0.25) is 5.91 Å². The van der Waals surface area contributed by atoms with E-state index in [9.17, 15) is 9.59 Å². The van der Waals surface area contributed by atoms with Crippen LogP contribution in [-0.4, -0.2) is 35.3 Å². The van der Waals surface area contributed by atoms with Gasteiger partial charge in [-0.3, -0.25) is 9.59 Å². The fraction of sp³-hybridized carbons (Fsp3) is 0.529. The molecule has 1 heterocycles. The number of piperidine rings is 1. The first-order chi connectivity index (χ1) is 10.3. The van der Waals surface area contributed by atoms with Crippen LogP contribution in [0.25, 0.3) is 0 Å². The lowest BCUT2D eigenvalue weighted by atomic mass is 9.94. The summed E-state index contributed by atoms with van der Waals surface area (Å²) in [7, 11) is 0. The van der Waals surface area contributed by atoms with E-state index in [4.69, 9.17) is 11.6 Å². The SMILES string of the molecule is CC(C)(C)NC(=O)C1CCN(C(=O)c2ccc(Cl)cc2)CC1. The summed E-state index contributed by atoms with van der Waals surface area (Å²) >= 11 is 5.84. The minimum absolute atomic E-state index is 0.00588. The Morgan fingerprint density at radius 3 is 2.18 bits per heavy atom. The second-order valence-electron chi connectivity index (χ2n) is 6.81. The van der Waals surface area contributed by atoms with Crippen LogP contribution in [0.3, 0.4) is 0 Å². The highest BCUT2D eigenvalue weighted by Crippen LogP contribution is 2.21. The number of amides is 2. The van der Waals surface area contributed by atoms with Crippen LogP contribution < -0.4 is 5.32 Å². The minimum Gasteiger partial charge on any atom is -0.351 e. The molecule has 0 saturated carbocycles. The quantitative estimate of drug-likeness (QED) is 0.909. The Labute approximate surface area is 136 Å². The van der Waals surface area contributed by atoms with Crippen LogP contribution in [0.5, 0.6) is 0 Å². The van der Waals surface area contributed by atoms with Crippen molar-refractivity contribution >= 4 is 23.4 Å². The predicted molar refractivity (Wildman–Crippen MR) is 88.0 cm³/mol. The van der Waals surface area contributed by atoms with E-state index in [1.165, 1.54) is 0 Å². The smallest absolute Gasteiger partial charge is 0.253 e. The molecule has 0 bridgehead atoms. The van der Waals surface area contributed by atoms with Gasteiger partial charge in [0.05, 0.1) is 0 Å². The van der Waals surface area contributed by atoms with Crippen LogP contribution in [0.1, 0.15) is 44.0 Å². The Hall–Kier alpha value is -1.55. The number of rotatable bonds is 2. The highest BCUT2D eigenvalue weighted by atomic mass is 35.5. The molecule has 1 aromatic rings. The fourth-order valence-electron chi connectivity index (χ4n) is 2.59. The summed E-state index contributed by atoms with van der Waals surface area (Å²) in [5.41, 5.74) is 0.426. The monoisotopic (exact) mass is 322 g/mol. The van der Waals surface area contributed by atoms with Crippen molar-refractivity contribution in [2.75, 3.05) is 13.1 Å². The van der Waals surface area contributed by atoms with Crippen molar-refractivity contribution in [3.05, 3.63) is 34.9 Å². The molecule has 1 fully saturated rings. The number of nitrogens with zero attached hydrogens (tertiary/aromatic N) is 1. The Kier molecular flexibility index (Phi) is 5.12. The molecule has 0 spiro atoms. The molecular formula is C17H23ClN2O2. The first-order valence-corrected chi connectivity index (χ1v) is 8.01. The van der Waals surface area contributed by atoms with Crippen LogP contribution in [0, 0.1) is 5.92 Å². The van der Waals surface area contributed by atoms with E-state index in [0.29, 0.717) is 36.5 Å². The molecule has 120 valence electrons. The highest BCUT2D eigenvalue weighted by molar-refractivity contribution is 6.30. The third kappa shape index (κ3) is 4.47. The van der Waals surface area contributed by atoms with Gasteiger partial charge in [-0.2, -0.15) is 0 Å². The van der Waals surface area contributed by atoms with Gasteiger partial charge in [-0.15, -0.1) is 0 Å². The van der Waals surface area contributed by atoms with E-state index in [0.717, 1.165) is 0 Å². The molecule has 1 aliphatic heterocycles. The second kappa shape index (κ2) is 6.69. The number of likely N-dealkylation sites (tertiary alicyclic amines) is 1. The Morgan fingerprint density at radius 2 is 1.68 bits per heavy atom. The fourth-order valence-corrected chi connectivity index (χ4v) is 2.72. The van der Waals surface area contributed by atoms with Gasteiger partial charge in [-0.1, -0.05) is 11.6 Å². The summed E-state index contributed by atoms with van der Waals surface area (Å²) in [6.45, 7) is 7.16. The molecule has 2 rings (SSSR count). The van der Waals surface area contributed by atoms with Crippen LogP contribution in [-0.2, 0) is 4.79 Å². The maximum atomic E-state index is 12.4. The van der Waals surface area contributed by atoms with Gasteiger partial charge < -0.3 is 10.2 Å². The minimum atomic E-state index is -0.215. The third-order valence-corrected chi connectivity index (χ3v) is 3.99. The maximum absolute atomic E-state index is 12.4. The van der Waals surface area contributed by atoms with E-state index in [1.807, 2.05) is 25.7 Å². The van der Waals surface area contributed by atoms with E-state index in [2.05, 4.69) is 5.32 Å². The highest BCUT2D eigenvalue weighted by Gasteiger charge is 2.29. The Balaban J connectivity index is 1.90. The average Bonchev–Trinajstić information content (AvgIpc) is 2.46. The normalized spacial score (nSPS) is 16.5. The predicted octanol–water partition coefficient (Wildman–Crippen LogP) is 3.11. The van der Waals surface area contributed by atoms with Gasteiger partial charge in [0.1, 0.15) is 0 Å². The lowest BCUT2D eigenvalue weighted by Gasteiger charge is -2.33. The largest absolute Gasteiger partial charge is 0.351 e. The molecule has 22 heavy (non-hydrogen) atoms. The molecule has 0 aliphatic carbocycles. The van der Waals surface area contributed by atoms with E-state index in [1.54, 1.807) is 24.3 Å². The Morgan fingerprint density at radius 1 is 1.14 bits per heavy atom. The van der Waals surface area contributed by atoms with Crippen LogP contribution in [0.2, 0.25) is 5.02 Å². The third-order valence-electron chi connectivity index (χ3n) is 3.74. The van der Waals surface area contributed by atoms with E-state index >= 15 is 0 Å². The number of hydrogen-bond acceptors (Lipinski definition) is 2. The lowest BCUT2D eigenvalue weighted by molar-refractivity contribution is -0.127. The van der Waals surface area contributed by atoms with Crippen LogP contribution in [0.15, 0.2) is 24.3 Å². The molecule has 0 atom stereocenters. The van der Waals surface area contributed by atoms with Gasteiger partial charge >= 0.3 is 0 Å². The molecule has 1 N–H and O–H groups in total. The molecule has 0 aromatic heterocycles. The first-order valence-electron chi connectivity index (χ1n) is 7.63. The standard InChI is InChI=1S/C17H23ClN2O2/c1-17(2,3)19-15(21)12-8-10-20(11-9-12)16(22)13-4-6-14(18)7-5-13/h4-7,12H,8-11H2,1-3H3,(H,19,21). The average molecular weight is 323 g/mol. The maximum Gasteiger partial charge on any atom is 0.253 e. The topological polar surface area (TPSA) is 49.4 Å². The van der Waals surface area contributed by atoms with E-state index in [-0.39, 0.29) is 23.3 Å². The number of carbonyl (C=O) groups excluding carboxylic acids is 2. The van der Waals surface area contributed by atoms with Crippen molar-refractivity contribution in [3.63, 3.8) is 0 Å². The summed E-state index contributed by atoms with van der Waals surface area (Å²) in [5.74, 6) is 0.0888. The summed E-state index contributed by atoms with van der Waals surface area (Å²) in [6, 6.07) is 6.92. The van der Waals surface area contributed by atoms with Crippen molar-refractivity contribution < 1.29 is 9.59 Å². The van der Waals surface area contributed by atoms with Gasteiger partial charge in [0.15, 0.2) is 0 Å². The zero-order valence-electron chi connectivity index (χ0n) is 13.4. The molecule has 1 saturated heterocycles. The molecule has 1 aromatic carbocycles. The molecule has 2 amide bonds. The van der Waals surface area contributed by atoms with Crippen molar-refractivity contribution in [2.24, 2.45) is 5.92 Å². The number of nitrogens with one attached hydrogen (secondary N) is 1. The molecular weight excluding hydrogens is 300 g/mol. The summed E-state index contributed by atoms with van der Waals surface area (Å²) in [4.78, 5) is 26.4. The number of carbonyl (C=O) groups is 2. The first kappa shape index (κ1) is 16.8. The van der Waals surface area contributed by atoms with Crippen molar-refractivity contribution in [2.45, 2.75) is 39.2 Å². The lowest BCUT2D eigenvalue weighted by Crippen LogP contribution is -2.47. The van der Waals surface area contributed by atoms with Gasteiger partial charge in [-0.05, 0) is 57.9 Å². The van der Waals surface area contributed by atoms with Crippen molar-refractivity contribution in [3.8, 4) is 0 Å². The molecule has 0 radical (unpaired) electrons. The zero-order valence-corrected chi connectivity index (χ0v) is 14.1. The van der Waals surface area contributed by atoms with Crippen molar-refractivity contribution in [1.82, 2.24) is 10.2 Å². The van der Waals surface area contributed by atoms with Crippen LogP contribution in [0.4, 0.5) is 0 Å². The molecule has 1 aliphatic rings. The number of hydrogen-bond donors (Lipinski definition) is 1. The van der Waals surface area contributed by atoms with Gasteiger partial charge in [0.25, 0.3) is 5.91 Å². The molecule has 0 unspecified atom stereocenters. The zero-order chi connectivity index (χ0) is 16.3. The molecule has 4 nitrogen and oxygen atoms in total. The van der Waals surface area contributed by atoms with Gasteiger partial charge in [0, 0.05) is 35.1 Å². The number of benzene rings is 1. The second-order valence-corrected chi connectivity index (χ2v) is 7.25.